The summed E-state index contributed by atoms with van der Waals surface area (Å²) in [5, 5.41) is 13.7. The van der Waals surface area contributed by atoms with Gasteiger partial charge in [0.1, 0.15) is 17.3 Å². The molecule has 2 aliphatic carbocycles. The number of nitrogens with one attached hydrogen (secondary N) is 1. The summed E-state index contributed by atoms with van der Waals surface area (Å²) >= 11 is 0. The first kappa shape index (κ1) is 35.3. The summed E-state index contributed by atoms with van der Waals surface area (Å²) in [7, 11) is 0. The first-order valence-corrected chi connectivity index (χ1v) is 22.8. The summed E-state index contributed by atoms with van der Waals surface area (Å²) in [6, 6.07) is 71.2. The molecule has 3 unspecified atom stereocenters. The fourth-order valence-electron chi connectivity index (χ4n) is 12.3. The molecule has 0 saturated heterocycles. The van der Waals surface area contributed by atoms with Crippen LogP contribution in [0.4, 0.5) is 5.69 Å². The molecule has 0 saturated carbocycles. The maximum absolute atomic E-state index is 6.33. The molecule has 4 nitrogen and oxygen atoms in total. The van der Waals surface area contributed by atoms with Crippen molar-refractivity contribution in [3.05, 3.63) is 228 Å². The van der Waals surface area contributed by atoms with Crippen LogP contribution in [0.5, 0.6) is 0 Å². The van der Waals surface area contributed by atoms with Gasteiger partial charge in [-0.15, -0.1) is 0 Å². The van der Waals surface area contributed by atoms with E-state index in [0.29, 0.717) is 5.92 Å². The monoisotopic (exact) mass is 829 g/mol. The highest BCUT2D eigenvalue weighted by Crippen LogP contribution is 2.62. The van der Waals surface area contributed by atoms with E-state index < -0.39 is 0 Å². The second kappa shape index (κ2) is 12.9. The molecule has 0 fully saturated rings. The molecule has 0 spiro atoms. The Morgan fingerprint density at radius 2 is 1.15 bits per heavy atom. The number of hydrogen-bond acceptors (Lipinski definition) is 3. The summed E-state index contributed by atoms with van der Waals surface area (Å²) in [4.78, 5) is 5.54. The van der Waals surface area contributed by atoms with Crippen LogP contribution in [0.2, 0.25) is 0 Å². The van der Waals surface area contributed by atoms with Crippen LogP contribution in [0.1, 0.15) is 58.3 Å². The van der Waals surface area contributed by atoms with Crippen molar-refractivity contribution in [1.29, 1.82) is 0 Å². The minimum Gasteiger partial charge on any atom is -0.456 e. The van der Waals surface area contributed by atoms with E-state index in [1.807, 2.05) is 12.1 Å². The Labute approximate surface area is 374 Å². The molecule has 0 amide bonds. The van der Waals surface area contributed by atoms with Gasteiger partial charge in [0.15, 0.2) is 0 Å². The Balaban J connectivity index is 0.980. The van der Waals surface area contributed by atoms with Gasteiger partial charge in [0.05, 0.1) is 16.7 Å². The lowest BCUT2D eigenvalue weighted by molar-refractivity contribution is 0.666. The normalized spacial score (nSPS) is 17.1. The van der Waals surface area contributed by atoms with Crippen LogP contribution in [-0.2, 0) is 0 Å². The minimum atomic E-state index is -0.305. The second-order valence-electron chi connectivity index (χ2n) is 18.1. The van der Waals surface area contributed by atoms with Crippen molar-refractivity contribution in [2.75, 3.05) is 5.32 Å². The number of furan rings is 1. The third kappa shape index (κ3) is 4.68. The Morgan fingerprint density at radius 1 is 0.477 bits per heavy atom. The number of nitrogens with zero attached hydrogens (tertiary/aromatic N) is 2. The third-order valence-electron chi connectivity index (χ3n) is 14.9. The molecule has 0 radical (unpaired) electrons. The van der Waals surface area contributed by atoms with Gasteiger partial charge in [-0.25, -0.2) is 0 Å². The van der Waals surface area contributed by atoms with Crippen LogP contribution in [-0.4, -0.2) is 10.3 Å². The number of para-hydroxylation sites is 2. The fourth-order valence-corrected chi connectivity index (χ4v) is 12.3. The maximum Gasteiger partial charge on any atom is 0.146 e. The largest absolute Gasteiger partial charge is 0.456 e. The summed E-state index contributed by atoms with van der Waals surface area (Å²) in [5.74, 6) is 0.591. The average Bonchev–Trinajstić information content (AvgIpc) is 4.04. The highest BCUT2D eigenvalue weighted by atomic mass is 16.3. The van der Waals surface area contributed by atoms with Crippen LogP contribution >= 0.6 is 0 Å². The van der Waals surface area contributed by atoms with Gasteiger partial charge in [0, 0.05) is 66.3 Å². The van der Waals surface area contributed by atoms with Crippen molar-refractivity contribution < 1.29 is 4.42 Å². The Morgan fingerprint density at radius 3 is 2.05 bits per heavy atom. The van der Waals surface area contributed by atoms with Crippen molar-refractivity contribution in [2.45, 2.75) is 24.9 Å². The highest BCUT2D eigenvalue weighted by Gasteiger charge is 2.42. The average molecular weight is 830 g/mol. The molecule has 0 bridgehead atoms. The fraction of sp³-hybridized carbons (Fsp3) is 0.0656. The Kier molecular flexibility index (Phi) is 7.02. The van der Waals surface area contributed by atoms with Gasteiger partial charge in [-0.2, -0.15) is 0 Å². The van der Waals surface area contributed by atoms with Crippen molar-refractivity contribution in [2.24, 2.45) is 4.99 Å². The van der Waals surface area contributed by atoms with E-state index >= 15 is 0 Å². The number of aromatic nitrogens is 1. The van der Waals surface area contributed by atoms with Gasteiger partial charge >= 0.3 is 0 Å². The molecular weight excluding hydrogens is 791 g/mol. The quantitative estimate of drug-likeness (QED) is 0.193. The molecule has 1 N–H and O–H groups in total. The van der Waals surface area contributed by atoms with E-state index in [2.05, 4.69) is 199 Å². The lowest BCUT2D eigenvalue weighted by Gasteiger charge is -2.32. The van der Waals surface area contributed by atoms with E-state index in [1.165, 1.54) is 82.3 Å². The minimum absolute atomic E-state index is 0.259. The molecule has 1 aliphatic heterocycles. The van der Waals surface area contributed by atoms with Gasteiger partial charge in [0.25, 0.3) is 0 Å². The van der Waals surface area contributed by atoms with E-state index in [-0.39, 0.29) is 12.1 Å². The molecule has 3 heterocycles. The number of anilines is 1. The van der Waals surface area contributed by atoms with Gasteiger partial charge in [-0.05, 0) is 86.0 Å². The van der Waals surface area contributed by atoms with Crippen LogP contribution in [0.15, 0.2) is 204 Å². The smallest absolute Gasteiger partial charge is 0.146 e. The van der Waals surface area contributed by atoms with Crippen molar-refractivity contribution >= 4 is 76.7 Å². The van der Waals surface area contributed by atoms with Crippen LogP contribution < -0.4 is 5.32 Å². The van der Waals surface area contributed by atoms with Gasteiger partial charge in [0.2, 0.25) is 0 Å². The molecule has 4 heteroatoms. The zero-order chi connectivity index (χ0) is 42.5. The standard InChI is InChI=1S/C61H39N3O/c1-34-38-15-4-5-17-40(38)41-22-12-23-46-54(41)52(34)55-42-18-6-7-19-43(42)60-57(56(46)55)47-33-30-35-14-2-3-16-39(35)59(47)64(60)37-31-28-36(29-32-37)58-44-20-8-10-25-49(44)62-61(63-58)48-24-13-27-51-53(48)45-21-9-11-26-50(45)65-51/h2-34,52,61-62H,1H3. The van der Waals surface area contributed by atoms with Crippen LogP contribution in [0.25, 0.3) is 93.2 Å². The molecule has 10 aromatic carbocycles. The van der Waals surface area contributed by atoms with E-state index in [4.69, 9.17) is 9.41 Å². The Hall–Kier alpha value is -8.21. The second-order valence-corrected chi connectivity index (χ2v) is 18.1. The molecule has 3 atom stereocenters. The first-order valence-electron chi connectivity index (χ1n) is 22.8. The molecule has 3 aliphatic rings. The Bertz CT molecular complexity index is 4070. The van der Waals surface area contributed by atoms with E-state index in [0.717, 1.165) is 55.7 Å². The summed E-state index contributed by atoms with van der Waals surface area (Å²) < 4.78 is 8.90. The SMILES string of the molecule is CC1c2ccccc2-c2cccc3c2C1c1c-3c2c3ccc4ccccc4c3n(-c3ccc(C4=NC(c5cccc6oc7ccccc7c56)Nc5ccccc54)cc3)c2c2ccccc12. The number of fused-ring (bicyclic) bond motifs is 18. The molecule has 2 aromatic heterocycles. The van der Waals surface area contributed by atoms with Crippen molar-refractivity contribution in [3.8, 4) is 27.9 Å². The molecule has 65 heavy (non-hydrogen) atoms. The number of rotatable bonds is 3. The first-order chi connectivity index (χ1) is 32.2. The molecule has 304 valence electrons. The van der Waals surface area contributed by atoms with E-state index in [1.54, 1.807) is 0 Å². The number of hydrogen-bond donors (Lipinski definition) is 1. The highest BCUT2D eigenvalue weighted by molar-refractivity contribution is 6.30. The van der Waals surface area contributed by atoms with Gasteiger partial charge in [-0.3, -0.25) is 4.99 Å². The number of benzene rings is 10. The summed E-state index contributed by atoms with van der Waals surface area (Å²) in [6.45, 7) is 2.45. The predicted octanol–water partition coefficient (Wildman–Crippen LogP) is 15.8. The molecule has 15 rings (SSSR count). The van der Waals surface area contributed by atoms with E-state index in [9.17, 15) is 0 Å². The molecule has 12 aromatic rings. The predicted molar refractivity (Wildman–Crippen MR) is 269 cm³/mol. The summed E-state index contributed by atoms with van der Waals surface area (Å²) in [5.41, 5.74) is 20.6. The topological polar surface area (TPSA) is 42.5 Å². The maximum atomic E-state index is 6.33. The molecular formula is C61H39N3O. The number of aliphatic imine (C=N–C) groups is 1. The van der Waals surface area contributed by atoms with Crippen molar-refractivity contribution in [1.82, 2.24) is 4.57 Å². The lowest BCUT2D eigenvalue weighted by atomic mass is 9.71. The zero-order valence-corrected chi connectivity index (χ0v) is 35.5. The van der Waals surface area contributed by atoms with Gasteiger partial charge in [-0.1, -0.05) is 171 Å². The van der Waals surface area contributed by atoms with Crippen LogP contribution in [0, 0.1) is 0 Å². The van der Waals surface area contributed by atoms with Gasteiger partial charge < -0.3 is 14.3 Å². The third-order valence-corrected chi connectivity index (χ3v) is 14.9. The zero-order valence-electron chi connectivity index (χ0n) is 35.5. The summed E-state index contributed by atoms with van der Waals surface area (Å²) in [6.07, 6.45) is -0.305. The van der Waals surface area contributed by atoms with Crippen molar-refractivity contribution in [3.63, 3.8) is 0 Å². The van der Waals surface area contributed by atoms with Crippen LogP contribution in [0.3, 0.4) is 0 Å². The lowest BCUT2D eigenvalue weighted by Crippen LogP contribution is -2.20.